The topological polar surface area (TPSA) is 99.6 Å². The second kappa shape index (κ2) is 6.61. The van der Waals surface area contributed by atoms with E-state index in [0.717, 1.165) is 11.3 Å². The molecule has 0 unspecified atom stereocenters. The van der Waals surface area contributed by atoms with E-state index in [1.807, 2.05) is 12.1 Å². The van der Waals surface area contributed by atoms with Crippen LogP contribution in [0.4, 0.5) is 5.69 Å². The smallest absolute Gasteiger partial charge is 0.291 e. The zero-order chi connectivity index (χ0) is 19.0. The minimum atomic E-state index is -0.466. The molecular formula is C18H12N4O4S. The van der Waals surface area contributed by atoms with Crippen LogP contribution < -0.4 is 14.8 Å². The number of benzene rings is 2. The normalized spacial score (nSPS) is 11.8. The van der Waals surface area contributed by atoms with E-state index < -0.39 is 4.92 Å². The number of hydrogen-bond acceptors (Lipinski definition) is 7. The molecule has 8 nitrogen and oxygen atoms in total. The van der Waals surface area contributed by atoms with Gasteiger partial charge < -0.3 is 4.74 Å². The van der Waals surface area contributed by atoms with Crippen molar-refractivity contribution in [2.24, 2.45) is 0 Å². The van der Waals surface area contributed by atoms with Crippen LogP contribution in [0, 0.1) is 10.1 Å². The Hall–Kier alpha value is -3.59. The molecule has 0 fully saturated rings. The number of non-ortho nitro benzene ring substituents is 1. The van der Waals surface area contributed by atoms with E-state index in [-0.39, 0.29) is 11.2 Å². The molecule has 134 valence electrons. The third-order valence-corrected chi connectivity index (χ3v) is 4.89. The first-order valence-electron chi connectivity index (χ1n) is 7.85. The summed E-state index contributed by atoms with van der Waals surface area (Å²) in [6.45, 7) is 0. The van der Waals surface area contributed by atoms with Crippen molar-refractivity contribution in [1.29, 1.82) is 0 Å². The fourth-order valence-corrected chi connectivity index (χ4v) is 3.45. The zero-order valence-corrected chi connectivity index (χ0v) is 14.8. The molecule has 2 heterocycles. The van der Waals surface area contributed by atoms with E-state index in [4.69, 9.17) is 4.74 Å². The first kappa shape index (κ1) is 16.9. The van der Waals surface area contributed by atoms with Crippen molar-refractivity contribution in [2.75, 3.05) is 7.11 Å². The Morgan fingerprint density at radius 1 is 1.15 bits per heavy atom. The fraction of sp³-hybridized carbons (Fsp3) is 0.0556. The van der Waals surface area contributed by atoms with Crippen molar-refractivity contribution in [1.82, 2.24) is 14.6 Å². The molecule has 0 aliphatic rings. The minimum absolute atomic E-state index is 0.00118. The molecule has 27 heavy (non-hydrogen) atoms. The van der Waals surface area contributed by atoms with Crippen LogP contribution in [-0.2, 0) is 0 Å². The van der Waals surface area contributed by atoms with Crippen LogP contribution in [-0.4, -0.2) is 26.6 Å². The van der Waals surface area contributed by atoms with Crippen molar-refractivity contribution in [3.05, 3.63) is 79.1 Å². The Morgan fingerprint density at radius 3 is 2.44 bits per heavy atom. The summed E-state index contributed by atoms with van der Waals surface area (Å²) in [5.41, 5.74) is 1.20. The maximum absolute atomic E-state index is 12.6. The lowest BCUT2D eigenvalue weighted by Gasteiger charge is -1.99. The highest BCUT2D eigenvalue weighted by Crippen LogP contribution is 2.20. The molecule has 0 atom stereocenters. The van der Waals surface area contributed by atoms with Gasteiger partial charge in [0.1, 0.15) is 5.75 Å². The van der Waals surface area contributed by atoms with Crippen LogP contribution >= 0.6 is 11.3 Å². The second-order valence-electron chi connectivity index (χ2n) is 5.62. The summed E-state index contributed by atoms with van der Waals surface area (Å²) in [5, 5.41) is 15.0. The van der Waals surface area contributed by atoms with E-state index in [0.29, 0.717) is 20.9 Å². The first-order chi connectivity index (χ1) is 13.0. The van der Waals surface area contributed by atoms with Gasteiger partial charge in [0.05, 0.1) is 16.6 Å². The van der Waals surface area contributed by atoms with Crippen LogP contribution in [0.2, 0.25) is 0 Å². The molecule has 2 aromatic carbocycles. The number of nitro benzene ring substituents is 1. The Labute approximate surface area is 156 Å². The molecule has 0 spiro atoms. The third-order valence-electron chi connectivity index (χ3n) is 3.93. The van der Waals surface area contributed by atoms with Crippen LogP contribution in [0.3, 0.4) is 0 Å². The minimum Gasteiger partial charge on any atom is -0.497 e. The Morgan fingerprint density at radius 2 is 1.85 bits per heavy atom. The first-order valence-corrected chi connectivity index (χ1v) is 8.67. The summed E-state index contributed by atoms with van der Waals surface area (Å²) in [6, 6.07) is 13.2. The Balaban J connectivity index is 1.71. The number of methoxy groups -OCH3 is 1. The van der Waals surface area contributed by atoms with Gasteiger partial charge in [0, 0.05) is 17.7 Å². The maximum atomic E-state index is 12.6. The molecule has 0 amide bonds. The average Bonchev–Trinajstić information content (AvgIpc) is 3.22. The van der Waals surface area contributed by atoms with Gasteiger partial charge in [0.15, 0.2) is 5.82 Å². The van der Waals surface area contributed by atoms with E-state index >= 15 is 0 Å². The third kappa shape index (κ3) is 3.15. The fourth-order valence-electron chi connectivity index (χ4n) is 2.54. The second-order valence-corrected chi connectivity index (χ2v) is 6.63. The Bertz CT molecular complexity index is 1240. The molecular weight excluding hydrogens is 368 g/mol. The van der Waals surface area contributed by atoms with Gasteiger partial charge >= 0.3 is 0 Å². The van der Waals surface area contributed by atoms with Gasteiger partial charge in [-0.2, -0.15) is 9.50 Å². The van der Waals surface area contributed by atoms with Gasteiger partial charge in [0.2, 0.25) is 4.96 Å². The molecule has 0 radical (unpaired) electrons. The largest absolute Gasteiger partial charge is 0.497 e. The van der Waals surface area contributed by atoms with Crippen LogP contribution in [0.25, 0.3) is 22.4 Å². The van der Waals surface area contributed by atoms with Gasteiger partial charge in [-0.3, -0.25) is 14.9 Å². The quantitative estimate of drug-likeness (QED) is 0.398. The number of fused-ring (bicyclic) bond motifs is 1. The Kier molecular flexibility index (Phi) is 4.13. The van der Waals surface area contributed by atoms with Gasteiger partial charge in [-0.15, -0.1) is 5.10 Å². The molecule has 0 aliphatic carbocycles. The number of nitrogens with zero attached hydrogens (tertiary/aromatic N) is 4. The molecule has 0 saturated heterocycles. The van der Waals surface area contributed by atoms with E-state index in [1.165, 1.54) is 28.0 Å². The predicted molar refractivity (Wildman–Crippen MR) is 101 cm³/mol. The zero-order valence-electron chi connectivity index (χ0n) is 14.0. The number of aromatic nitrogens is 3. The molecule has 4 aromatic rings. The average molecular weight is 380 g/mol. The lowest BCUT2D eigenvalue weighted by atomic mass is 10.2. The molecule has 9 heteroatoms. The summed E-state index contributed by atoms with van der Waals surface area (Å²) in [6.07, 6.45) is 1.67. The number of nitro groups is 1. The van der Waals surface area contributed by atoms with Crippen LogP contribution in [0.5, 0.6) is 5.75 Å². The van der Waals surface area contributed by atoms with E-state index in [2.05, 4.69) is 10.1 Å². The molecule has 2 aromatic heterocycles. The van der Waals surface area contributed by atoms with Crippen molar-refractivity contribution in [3.63, 3.8) is 0 Å². The van der Waals surface area contributed by atoms with Gasteiger partial charge in [-0.05, 0) is 48.0 Å². The van der Waals surface area contributed by atoms with E-state index in [1.54, 1.807) is 37.5 Å². The number of ether oxygens (including phenoxy) is 1. The molecule has 0 N–H and O–H groups in total. The highest BCUT2D eigenvalue weighted by atomic mass is 32.1. The van der Waals surface area contributed by atoms with Crippen LogP contribution in [0.15, 0.2) is 53.3 Å². The number of rotatable bonds is 4. The molecule has 0 saturated carbocycles. The monoisotopic (exact) mass is 380 g/mol. The summed E-state index contributed by atoms with van der Waals surface area (Å²) in [7, 11) is 1.59. The lowest BCUT2D eigenvalue weighted by molar-refractivity contribution is -0.384. The van der Waals surface area contributed by atoms with Crippen molar-refractivity contribution >= 4 is 28.1 Å². The van der Waals surface area contributed by atoms with Gasteiger partial charge in [0.25, 0.3) is 11.2 Å². The lowest BCUT2D eigenvalue weighted by Crippen LogP contribution is -2.23. The van der Waals surface area contributed by atoms with Crippen molar-refractivity contribution in [3.8, 4) is 17.1 Å². The summed E-state index contributed by atoms with van der Waals surface area (Å²) in [5.74, 6) is 1.19. The summed E-state index contributed by atoms with van der Waals surface area (Å²) in [4.78, 5) is 27.7. The standard InChI is InChI=1S/C18H12N4O4S/c1-26-14-8-4-12(5-9-14)16-19-18-21(20-16)17(23)15(27-18)10-11-2-6-13(7-3-11)22(24)25/h2-10H,1H3/b15-10+. The SMILES string of the molecule is COc1ccc(-c2nc3s/c(=C/c4ccc([N+](=O)[O-])cc4)c(=O)n3n2)cc1. The molecule has 0 bridgehead atoms. The number of thiazole rings is 1. The molecule has 4 rings (SSSR count). The highest BCUT2D eigenvalue weighted by Gasteiger charge is 2.12. The highest BCUT2D eigenvalue weighted by molar-refractivity contribution is 7.15. The predicted octanol–water partition coefficient (Wildman–Crippen LogP) is 2.28. The van der Waals surface area contributed by atoms with Gasteiger partial charge in [-0.25, -0.2) is 0 Å². The maximum Gasteiger partial charge on any atom is 0.291 e. The van der Waals surface area contributed by atoms with E-state index in [9.17, 15) is 14.9 Å². The van der Waals surface area contributed by atoms with Gasteiger partial charge in [-0.1, -0.05) is 11.3 Å². The molecule has 0 aliphatic heterocycles. The summed E-state index contributed by atoms with van der Waals surface area (Å²) < 4.78 is 6.85. The van der Waals surface area contributed by atoms with Crippen molar-refractivity contribution < 1.29 is 9.66 Å². The number of hydrogen-bond donors (Lipinski definition) is 0. The van der Waals surface area contributed by atoms with Crippen LogP contribution in [0.1, 0.15) is 5.56 Å². The summed E-state index contributed by atoms with van der Waals surface area (Å²) >= 11 is 1.22. The van der Waals surface area contributed by atoms with Crippen molar-refractivity contribution in [2.45, 2.75) is 0 Å².